The molecule has 26 heavy (non-hydrogen) atoms. The predicted octanol–water partition coefficient (Wildman–Crippen LogP) is 2.20. The molecule has 1 N–H and O–H groups in total. The summed E-state index contributed by atoms with van der Waals surface area (Å²) in [6, 6.07) is 15.6. The van der Waals surface area contributed by atoms with Crippen molar-refractivity contribution in [1.29, 1.82) is 0 Å². The molecule has 2 aromatic rings. The Kier molecular flexibility index (Phi) is 6.76. The number of carbonyl (C=O) groups is 1. The summed E-state index contributed by atoms with van der Waals surface area (Å²) in [6.07, 6.45) is 0. The van der Waals surface area contributed by atoms with Gasteiger partial charge in [-0.25, -0.2) is 8.42 Å². The Hall–Kier alpha value is -2.38. The number of hydrogen-bond acceptors (Lipinski definition) is 4. The van der Waals surface area contributed by atoms with Crippen molar-refractivity contribution < 1.29 is 17.9 Å². The maximum Gasteiger partial charge on any atom is 0.243 e. The molecule has 0 unspecified atom stereocenters. The number of ether oxygens (including phenoxy) is 1. The third kappa shape index (κ3) is 5.57. The molecule has 0 aliphatic heterocycles. The molecule has 0 heterocycles. The highest BCUT2D eigenvalue weighted by Gasteiger charge is 2.23. The normalized spacial score (nSPS) is 12.6. The molecule has 140 valence electrons. The highest BCUT2D eigenvalue weighted by atomic mass is 32.2. The zero-order valence-corrected chi connectivity index (χ0v) is 16.0. The van der Waals surface area contributed by atoms with Gasteiger partial charge in [0.05, 0.1) is 17.5 Å². The monoisotopic (exact) mass is 376 g/mol. The summed E-state index contributed by atoms with van der Waals surface area (Å²) in [5.41, 5.74) is 0.969. The number of aryl methyl sites for hydroxylation is 1. The molecule has 0 radical (unpaired) electrons. The Balaban J connectivity index is 1.86. The van der Waals surface area contributed by atoms with Crippen LogP contribution in [0.3, 0.4) is 0 Å². The highest BCUT2D eigenvalue weighted by Crippen LogP contribution is 2.14. The Labute approximate surface area is 154 Å². The van der Waals surface area contributed by atoms with Crippen LogP contribution in [0, 0.1) is 6.92 Å². The third-order valence-corrected chi connectivity index (χ3v) is 5.56. The van der Waals surface area contributed by atoms with Crippen LogP contribution >= 0.6 is 0 Å². The van der Waals surface area contributed by atoms with Crippen LogP contribution in [-0.4, -0.2) is 44.9 Å². The van der Waals surface area contributed by atoms with Crippen molar-refractivity contribution >= 4 is 15.9 Å². The fourth-order valence-electron chi connectivity index (χ4n) is 2.28. The molecule has 0 saturated heterocycles. The van der Waals surface area contributed by atoms with Crippen LogP contribution in [0.15, 0.2) is 59.5 Å². The number of nitrogens with one attached hydrogen (secondary N) is 1. The summed E-state index contributed by atoms with van der Waals surface area (Å²) >= 11 is 0. The molecular formula is C19H24N2O4S. The van der Waals surface area contributed by atoms with E-state index in [-0.39, 0.29) is 23.4 Å². The third-order valence-electron chi connectivity index (χ3n) is 3.75. The number of sulfonamides is 1. The van der Waals surface area contributed by atoms with Crippen molar-refractivity contribution in [2.45, 2.75) is 24.8 Å². The van der Waals surface area contributed by atoms with E-state index in [1.54, 1.807) is 19.1 Å². The van der Waals surface area contributed by atoms with E-state index >= 15 is 0 Å². The second-order valence-corrected chi connectivity index (χ2v) is 8.21. The molecular weight excluding hydrogens is 352 g/mol. The van der Waals surface area contributed by atoms with Gasteiger partial charge >= 0.3 is 0 Å². The molecule has 1 amide bonds. The summed E-state index contributed by atoms with van der Waals surface area (Å²) in [5.74, 6) is 0.333. The molecule has 0 aliphatic rings. The number of para-hydroxylation sites is 1. The minimum atomic E-state index is -3.70. The first-order valence-electron chi connectivity index (χ1n) is 8.29. The fraction of sp³-hybridized carbons (Fsp3) is 0.316. The van der Waals surface area contributed by atoms with Crippen LogP contribution in [0.2, 0.25) is 0 Å². The highest BCUT2D eigenvalue weighted by molar-refractivity contribution is 7.89. The number of rotatable bonds is 8. The molecule has 0 aliphatic carbocycles. The van der Waals surface area contributed by atoms with Crippen LogP contribution in [0.1, 0.15) is 12.5 Å². The van der Waals surface area contributed by atoms with Crippen molar-refractivity contribution in [3.05, 3.63) is 60.2 Å². The van der Waals surface area contributed by atoms with E-state index in [4.69, 9.17) is 4.74 Å². The van der Waals surface area contributed by atoms with Gasteiger partial charge in [0, 0.05) is 7.05 Å². The molecule has 7 heteroatoms. The maximum absolute atomic E-state index is 12.5. The van der Waals surface area contributed by atoms with E-state index in [1.807, 2.05) is 37.3 Å². The van der Waals surface area contributed by atoms with Gasteiger partial charge in [-0.1, -0.05) is 35.9 Å². The van der Waals surface area contributed by atoms with E-state index in [1.165, 1.54) is 19.2 Å². The molecule has 0 bridgehead atoms. The van der Waals surface area contributed by atoms with Gasteiger partial charge in [0.15, 0.2) is 0 Å². The zero-order valence-electron chi connectivity index (χ0n) is 15.2. The van der Waals surface area contributed by atoms with Gasteiger partial charge in [0.1, 0.15) is 12.4 Å². The Bertz CT molecular complexity index is 820. The van der Waals surface area contributed by atoms with E-state index in [0.717, 1.165) is 9.87 Å². The zero-order chi connectivity index (χ0) is 19.2. The van der Waals surface area contributed by atoms with E-state index in [9.17, 15) is 13.2 Å². The number of amides is 1. The minimum absolute atomic E-state index is 0.166. The molecule has 0 fully saturated rings. The van der Waals surface area contributed by atoms with Crippen molar-refractivity contribution in [2.75, 3.05) is 20.2 Å². The lowest BCUT2D eigenvalue weighted by atomic mass is 10.2. The molecule has 2 aromatic carbocycles. The second-order valence-electron chi connectivity index (χ2n) is 6.17. The molecule has 2 rings (SSSR count). The SMILES string of the molecule is Cc1ccc(S(=O)(=O)N(C)CC(=O)N[C@@H](C)COc2ccccc2)cc1. The average Bonchev–Trinajstić information content (AvgIpc) is 2.61. The van der Waals surface area contributed by atoms with Gasteiger partial charge < -0.3 is 10.1 Å². The van der Waals surface area contributed by atoms with Gasteiger partial charge in [-0.05, 0) is 38.1 Å². The average molecular weight is 376 g/mol. The number of likely N-dealkylation sites (N-methyl/N-ethyl adjacent to an activating group) is 1. The topological polar surface area (TPSA) is 75.7 Å². The van der Waals surface area contributed by atoms with Crippen LogP contribution < -0.4 is 10.1 Å². The van der Waals surface area contributed by atoms with Crippen molar-refractivity contribution in [3.63, 3.8) is 0 Å². The van der Waals surface area contributed by atoms with Crippen LogP contribution in [0.4, 0.5) is 0 Å². The Morgan fingerprint density at radius 2 is 1.73 bits per heavy atom. The predicted molar refractivity (Wildman–Crippen MR) is 101 cm³/mol. The summed E-state index contributed by atoms with van der Waals surface area (Å²) in [4.78, 5) is 12.3. The molecule has 0 saturated carbocycles. The summed E-state index contributed by atoms with van der Waals surface area (Å²) in [5, 5.41) is 2.74. The quantitative estimate of drug-likeness (QED) is 0.766. The number of benzene rings is 2. The fourth-order valence-corrected chi connectivity index (χ4v) is 3.40. The van der Waals surface area contributed by atoms with Crippen molar-refractivity contribution in [2.24, 2.45) is 0 Å². The second kappa shape index (κ2) is 8.82. The van der Waals surface area contributed by atoms with Crippen molar-refractivity contribution in [1.82, 2.24) is 9.62 Å². The van der Waals surface area contributed by atoms with E-state index in [0.29, 0.717) is 12.4 Å². The molecule has 1 atom stereocenters. The van der Waals surface area contributed by atoms with E-state index < -0.39 is 10.0 Å². The first-order valence-corrected chi connectivity index (χ1v) is 9.73. The lowest BCUT2D eigenvalue weighted by molar-refractivity contribution is -0.121. The van der Waals surface area contributed by atoms with E-state index in [2.05, 4.69) is 5.32 Å². The Morgan fingerprint density at radius 3 is 2.35 bits per heavy atom. The summed E-state index contributed by atoms with van der Waals surface area (Å²) < 4.78 is 31.6. The standard InChI is InChI=1S/C19H24N2O4S/c1-15-9-11-18(12-10-15)26(23,24)21(3)13-19(22)20-16(2)14-25-17-7-5-4-6-8-17/h4-12,16H,13-14H2,1-3H3,(H,20,22)/t16-/m0/s1. The van der Waals surface area contributed by atoms with Crippen LogP contribution in [0.25, 0.3) is 0 Å². The van der Waals surface area contributed by atoms with Gasteiger partial charge in [0.25, 0.3) is 0 Å². The smallest absolute Gasteiger partial charge is 0.243 e. The number of hydrogen-bond donors (Lipinski definition) is 1. The first-order chi connectivity index (χ1) is 12.3. The number of carbonyl (C=O) groups excluding carboxylic acids is 1. The largest absolute Gasteiger partial charge is 0.491 e. The van der Waals surface area contributed by atoms with Gasteiger partial charge in [-0.2, -0.15) is 4.31 Å². The number of nitrogens with zero attached hydrogens (tertiary/aromatic N) is 1. The minimum Gasteiger partial charge on any atom is -0.491 e. The molecule has 0 aromatic heterocycles. The van der Waals surface area contributed by atoms with Crippen molar-refractivity contribution in [3.8, 4) is 5.75 Å². The lowest BCUT2D eigenvalue weighted by Gasteiger charge is -2.19. The van der Waals surface area contributed by atoms with Crippen LogP contribution in [0.5, 0.6) is 5.75 Å². The van der Waals surface area contributed by atoms with Crippen LogP contribution in [-0.2, 0) is 14.8 Å². The van der Waals surface area contributed by atoms with Gasteiger partial charge in [-0.15, -0.1) is 0 Å². The maximum atomic E-state index is 12.5. The Morgan fingerprint density at radius 1 is 1.12 bits per heavy atom. The molecule has 6 nitrogen and oxygen atoms in total. The van der Waals surface area contributed by atoms with Gasteiger partial charge in [0.2, 0.25) is 15.9 Å². The van der Waals surface area contributed by atoms with Gasteiger partial charge in [-0.3, -0.25) is 4.79 Å². The summed E-state index contributed by atoms with van der Waals surface area (Å²) in [7, 11) is -2.31. The lowest BCUT2D eigenvalue weighted by Crippen LogP contribution is -2.43. The summed E-state index contributed by atoms with van der Waals surface area (Å²) in [6.45, 7) is 3.72. The first kappa shape index (κ1) is 19.9. The molecule has 0 spiro atoms.